The van der Waals surface area contributed by atoms with Crippen LogP contribution in [-0.2, 0) is 28.8 Å². The SMILES string of the molecule is CC(=O)C(=O)O.Nc1nc(N)nc(N)n1.Nc1nc(N)nc(N)n1.O=C(O)C(=O)O.O=C(O)C(=O)O. The Bertz CT molecular complexity index is 851. The van der Waals surface area contributed by atoms with Crippen molar-refractivity contribution >= 4 is 71.3 Å². The van der Waals surface area contributed by atoms with Crippen molar-refractivity contribution in [3.05, 3.63) is 0 Å². The highest BCUT2D eigenvalue weighted by atomic mass is 16.4. The zero-order valence-corrected chi connectivity index (χ0v) is 17.8. The van der Waals surface area contributed by atoms with Crippen LogP contribution < -0.4 is 34.4 Å². The number of ketones is 1. The summed E-state index contributed by atoms with van der Waals surface area (Å²) in [5.41, 5.74) is 30.8. The second kappa shape index (κ2) is 17.4. The Balaban J connectivity index is -0.000000385. The molecule has 23 heteroatoms. The number of nitrogens with two attached hydrogens (primary N) is 6. The van der Waals surface area contributed by atoms with Gasteiger partial charge in [-0.05, 0) is 0 Å². The lowest BCUT2D eigenvalue weighted by Gasteiger charge is -1.93. The fourth-order valence-corrected chi connectivity index (χ4v) is 0.854. The summed E-state index contributed by atoms with van der Waals surface area (Å²) in [5.74, 6) is -9.25. The Kier molecular flexibility index (Phi) is 16.7. The van der Waals surface area contributed by atoms with Gasteiger partial charge in [0.25, 0.3) is 0 Å². The number of hydrogen-bond donors (Lipinski definition) is 11. The van der Waals surface area contributed by atoms with E-state index < -0.39 is 35.6 Å². The van der Waals surface area contributed by atoms with Crippen LogP contribution >= 0.6 is 0 Å². The molecule has 17 N–H and O–H groups in total. The van der Waals surface area contributed by atoms with Gasteiger partial charge in [0.1, 0.15) is 0 Å². The molecule has 0 spiro atoms. The van der Waals surface area contributed by atoms with E-state index in [1.54, 1.807) is 0 Å². The van der Waals surface area contributed by atoms with Gasteiger partial charge in [0.15, 0.2) is 0 Å². The first-order valence-electron chi connectivity index (χ1n) is 8.01. The number of nitrogens with zero attached hydrogens (tertiary/aromatic N) is 6. The van der Waals surface area contributed by atoms with Crippen molar-refractivity contribution in [2.24, 2.45) is 0 Å². The van der Waals surface area contributed by atoms with Crippen molar-refractivity contribution in [3.63, 3.8) is 0 Å². The van der Waals surface area contributed by atoms with Crippen LogP contribution in [-0.4, -0.2) is 91.1 Å². The highest BCUT2D eigenvalue weighted by molar-refractivity contribution is 6.31. The number of carboxylic acid groups (broad SMARTS) is 5. The van der Waals surface area contributed by atoms with E-state index in [9.17, 15) is 9.59 Å². The molecular formula is C13H20N12O11. The van der Waals surface area contributed by atoms with Crippen molar-refractivity contribution in [2.75, 3.05) is 34.4 Å². The minimum atomic E-state index is -1.82. The molecule has 198 valence electrons. The van der Waals surface area contributed by atoms with Gasteiger partial charge in [0.05, 0.1) is 0 Å². The van der Waals surface area contributed by atoms with Crippen molar-refractivity contribution in [2.45, 2.75) is 6.92 Å². The summed E-state index contributed by atoms with van der Waals surface area (Å²) in [6.45, 7) is 1.00. The third kappa shape index (κ3) is 22.5. The molecule has 0 saturated heterocycles. The van der Waals surface area contributed by atoms with Crippen LogP contribution in [0.5, 0.6) is 0 Å². The van der Waals surface area contributed by atoms with Gasteiger partial charge in [-0.3, -0.25) is 4.79 Å². The van der Waals surface area contributed by atoms with E-state index in [4.69, 9.17) is 79.1 Å². The molecule has 0 fully saturated rings. The molecule has 0 atom stereocenters. The van der Waals surface area contributed by atoms with E-state index in [0.717, 1.165) is 6.92 Å². The molecule has 36 heavy (non-hydrogen) atoms. The maximum Gasteiger partial charge on any atom is 0.414 e. The summed E-state index contributed by atoms with van der Waals surface area (Å²) in [6, 6.07) is 0. The molecule has 0 unspecified atom stereocenters. The summed E-state index contributed by atoms with van der Waals surface area (Å²) in [7, 11) is 0. The Morgan fingerprint density at radius 1 is 0.417 bits per heavy atom. The largest absolute Gasteiger partial charge is 0.476 e. The number of anilines is 6. The van der Waals surface area contributed by atoms with Crippen LogP contribution in [0.25, 0.3) is 0 Å². The number of aliphatic carboxylic acids is 5. The normalized spacial score (nSPS) is 8.36. The first-order valence-corrected chi connectivity index (χ1v) is 8.01. The van der Waals surface area contributed by atoms with Gasteiger partial charge in [-0.1, -0.05) is 0 Å². The smallest absolute Gasteiger partial charge is 0.414 e. The van der Waals surface area contributed by atoms with E-state index in [0.29, 0.717) is 0 Å². The maximum atomic E-state index is 9.54. The van der Waals surface area contributed by atoms with Crippen LogP contribution in [0.15, 0.2) is 0 Å². The molecule has 0 aliphatic carbocycles. The lowest BCUT2D eigenvalue weighted by atomic mass is 10.5. The lowest BCUT2D eigenvalue weighted by molar-refractivity contribution is -0.159. The summed E-state index contributed by atoms with van der Waals surface area (Å²) in [5, 5.41) is 37.2. The van der Waals surface area contributed by atoms with Crippen LogP contribution in [0.4, 0.5) is 35.7 Å². The predicted molar refractivity (Wildman–Crippen MR) is 115 cm³/mol. The molecule has 0 saturated carbocycles. The molecule has 2 rings (SSSR count). The molecule has 0 aliphatic heterocycles. The minimum absolute atomic E-state index is 0.0417. The van der Waals surface area contributed by atoms with Gasteiger partial charge < -0.3 is 59.9 Å². The Hall–Kier alpha value is -6.16. The van der Waals surface area contributed by atoms with E-state index in [-0.39, 0.29) is 35.7 Å². The van der Waals surface area contributed by atoms with Gasteiger partial charge in [0, 0.05) is 6.92 Å². The first kappa shape index (κ1) is 34.5. The zero-order valence-electron chi connectivity index (χ0n) is 17.8. The third-order valence-electron chi connectivity index (χ3n) is 2.04. The number of carbonyl (C=O) groups is 6. The molecule has 0 aromatic carbocycles. The standard InChI is InChI=1S/2C3H6N6.C3H4O3.2C2H2O4/c2*4-1-7-2(5)9-3(6)8-1;1-2(4)3(5)6;2*3-1(4)2(5)6/h2*(H6,4,5,6,7,8,9);1H3,(H,5,6);2*(H,3,4)(H,5,6). The van der Waals surface area contributed by atoms with Crippen LogP contribution in [0.1, 0.15) is 6.92 Å². The van der Waals surface area contributed by atoms with E-state index in [1.807, 2.05) is 0 Å². The summed E-state index contributed by atoms with van der Waals surface area (Å²) in [6.07, 6.45) is 0. The predicted octanol–water partition coefficient (Wildman–Crippen LogP) is -4.79. The minimum Gasteiger partial charge on any atom is -0.476 e. The zero-order chi connectivity index (χ0) is 29.2. The fraction of sp³-hybridized carbons (Fsp3) is 0.0769. The summed E-state index contributed by atoms with van der Waals surface area (Å²) < 4.78 is 0. The van der Waals surface area contributed by atoms with Crippen LogP contribution in [0.3, 0.4) is 0 Å². The second-order valence-corrected chi connectivity index (χ2v) is 4.90. The summed E-state index contributed by atoms with van der Waals surface area (Å²) >= 11 is 0. The number of carbonyl (C=O) groups excluding carboxylic acids is 1. The monoisotopic (exact) mass is 520 g/mol. The van der Waals surface area contributed by atoms with Crippen molar-refractivity contribution in [1.82, 2.24) is 29.9 Å². The van der Waals surface area contributed by atoms with Crippen LogP contribution in [0, 0.1) is 0 Å². The molecule has 0 amide bonds. The topological polar surface area (TPSA) is 437 Å². The van der Waals surface area contributed by atoms with Crippen LogP contribution in [0.2, 0.25) is 0 Å². The van der Waals surface area contributed by atoms with Gasteiger partial charge >= 0.3 is 29.8 Å². The van der Waals surface area contributed by atoms with E-state index >= 15 is 0 Å². The van der Waals surface area contributed by atoms with Crippen molar-refractivity contribution in [3.8, 4) is 0 Å². The van der Waals surface area contributed by atoms with E-state index in [2.05, 4.69) is 29.9 Å². The average molecular weight is 520 g/mol. The van der Waals surface area contributed by atoms with Gasteiger partial charge in [0.2, 0.25) is 41.5 Å². The van der Waals surface area contributed by atoms with Gasteiger partial charge in [-0.2, -0.15) is 29.9 Å². The van der Waals surface area contributed by atoms with Gasteiger partial charge in [-0.15, -0.1) is 0 Å². The second-order valence-electron chi connectivity index (χ2n) is 4.90. The quantitative estimate of drug-likeness (QED) is 0.157. The number of carboxylic acids is 5. The van der Waals surface area contributed by atoms with Crippen molar-refractivity contribution < 1.29 is 54.3 Å². The molecule has 2 aromatic heterocycles. The highest BCUT2D eigenvalue weighted by Crippen LogP contribution is 1.98. The molecule has 0 aliphatic rings. The molecule has 0 bridgehead atoms. The molecule has 2 heterocycles. The first-order chi connectivity index (χ1) is 16.3. The van der Waals surface area contributed by atoms with E-state index in [1.165, 1.54) is 0 Å². The lowest BCUT2D eigenvalue weighted by Crippen LogP contribution is -2.09. The number of Topliss-reactive ketones (excluding diaryl/α,β-unsaturated/α-hetero) is 1. The number of hydrogen-bond acceptors (Lipinski definition) is 18. The Morgan fingerprint density at radius 3 is 0.583 bits per heavy atom. The highest BCUT2D eigenvalue weighted by Gasteiger charge is 2.04. The molecule has 23 nitrogen and oxygen atoms in total. The number of nitrogen functional groups attached to an aromatic ring is 6. The average Bonchev–Trinajstić information content (AvgIpc) is 2.67. The number of aromatic nitrogens is 6. The third-order valence-corrected chi connectivity index (χ3v) is 2.04. The van der Waals surface area contributed by atoms with Crippen molar-refractivity contribution in [1.29, 1.82) is 0 Å². The number of rotatable bonds is 1. The van der Waals surface area contributed by atoms with Gasteiger partial charge in [-0.25, -0.2) is 24.0 Å². The molecular weight excluding hydrogens is 500 g/mol. The Labute approximate surface area is 197 Å². The fourth-order valence-electron chi connectivity index (χ4n) is 0.854. The summed E-state index contributed by atoms with van der Waals surface area (Å²) in [4.78, 5) is 76.2. The Morgan fingerprint density at radius 2 is 0.528 bits per heavy atom. The molecule has 2 aromatic rings. The maximum absolute atomic E-state index is 9.54. The molecule has 0 radical (unpaired) electrons.